The van der Waals surface area contributed by atoms with Crippen molar-refractivity contribution in [3.05, 3.63) is 96.2 Å². The van der Waals surface area contributed by atoms with E-state index in [9.17, 15) is 32.7 Å². The molecule has 6 rings (SSSR count). The van der Waals surface area contributed by atoms with Crippen molar-refractivity contribution in [2.75, 3.05) is 18.4 Å². The number of H-pyrrole nitrogens is 1. The van der Waals surface area contributed by atoms with E-state index in [1.165, 1.54) is 12.1 Å². The van der Waals surface area contributed by atoms with E-state index in [1.807, 2.05) is 48.5 Å². The fourth-order valence-corrected chi connectivity index (χ4v) is 6.36. The van der Waals surface area contributed by atoms with Gasteiger partial charge in [0.05, 0.1) is 11.8 Å². The Bertz CT molecular complexity index is 1690. The molecule has 0 radical (unpaired) electrons. The van der Waals surface area contributed by atoms with Crippen LogP contribution in [-0.4, -0.2) is 57.8 Å². The lowest BCUT2D eigenvalue weighted by Crippen LogP contribution is -2.57. The van der Waals surface area contributed by atoms with Gasteiger partial charge < -0.3 is 20.1 Å². The number of benzene rings is 3. The first-order valence-corrected chi connectivity index (χ1v) is 13.6. The molecule has 9 nitrogen and oxygen atoms in total. The molecular weight excluding hydrogens is 565 g/mol. The van der Waals surface area contributed by atoms with Crippen LogP contribution in [-0.2, 0) is 20.8 Å². The number of halogens is 3. The molecule has 4 atom stereocenters. The molecule has 0 aliphatic carbocycles. The number of amides is 2. The Labute approximate surface area is 243 Å². The number of hydrogen-bond acceptors (Lipinski definition) is 6. The molecule has 4 aromatic rings. The van der Waals surface area contributed by atoms with Gasteiger partial charge in [-0.05, 0) is 41.5 Å². The average molecular weight is 593 g/mol. The van der Waals surface area contributed by atoms with Gasteiger partial charge in [0.25, 0.3) is 0 Å². The Hall–Kier alpha value is -4.84. The smallest absolute Gasteiger partial charge is 0.480 e. The van der Waals surface area contributed by atoms with E-state index in [0.29, 0.717) is 5.56 Å². The number of alkyl halides is 3. The van der Waals surface area contributed by atoms with Crippen LogP contribution in [0.1, 0.15) is 17.2 Å². The van der Waals surface area contributed by atoms with Crippen molar-refractivity contribution in [3.8, 4) is 5.75 Å². The Kier molecular flexibility index (Phi) is 7.09. The maximum Gasteiger partial charge on any atom is 0.573 e. The molecule has 2 saturated heterocycles. The molecule has 222 valence electrons. The highest BCUT2D eigenvalue weighted by Gasteiger charge is 2.68. The number of carboxylic acid groups (broad SMARTS) is 1. The van der Waals surface area contributed by atoms with Crippen molar-refractivity contribution >= 4 is 34.4 Å². The molecular formula is C31H27F3N4O5. The monoisotopic (exact) mass is 592 g/mol. The fourth-order valence-electron chi connectivity index (χ4n) is 6.36. The number of nitrogens with zero attached hydrogens (tertiary/aromatic N) is 1. The van der Waals surface area contributed by atoms with Gasteiger partial charge in [0.1, 0.15) is 11.3 Å². The van der Waals surface area contributed by atoms with Gasteiger partial charge in [0.15, 0.2) is 0 Å². The van der Waals surface area contributed by atoms with E-state index < -0.39 is 53.3 Å². The summed E-state index contributed by atoms with van der Waals surface area (Å²) in [6.45, 7) is 0.197. The van der Waals surface area contributed by atoms with Gasteiger partial charge in [-0.25, -0.2) is 0 Å². The first kappa shape index (κ1) is 28.3. The number of carboxylic acids is 1. The molecule has 3 aromatic carbocycles. The zero-order valence-electron chi connectivity index (χ0n) is 22.6. The largest absolute Gasteiger partial charge is 0.573 e. The van der Waals surface area contributed by atoms with Crippen molar-refractivity contribution in [3.63, 3.8) is 0 Å². The van der Waals surface area contributed by atoms with Crippen molar-refractivity contribution in [2.24, 2.45) is 11.8 Å². The van der Waals surface area contributed by atoms with Crippen LogP contribution in [0.3, 0.4) is 0 Å². The summed E-state index contributed by atoms with van der Waals surface area (Å²) in [5, 5.41) is 17.7. The quantitative estimate of drug-likeness (QED) is 0.211. The zero-order valence-corrected chi connectivity index (χ0v) is 22.6. The molecule has 2 aliphatic heterocycles. The number of carbonyl (C=O) groups is 3. The van der Waals surface area contributed by atoms with E-state index in [4.69, 9.17) is 0 Å². The Morgan fingerprint density at radius 3 is 2.49 bits per heavy atom. The fraction of sp³-hybridized carbons (Fsp3) is 0.258. The van der Waals surface area contributed by atoms with Crippen LogP contribution < -0.4 is 15.4 Å². The van der Waals surface area contributed by atoms with Crippen LogP contribution in [0.15, 0.2) is 85.1 Å². The molecule has 2 fully saturated rings. The van der Waals surface area contributed by atoms with E-state index in [-0.39, 0.29) is 25.1 Å². The van der Waals surface area contributed by atoms with Crippen LogP contribution in [0.25, 0.3) is 10.9 Å². The maximum absolute atomic E-state index is 14.0. The minimum atomic E-state index is -4.95. The summed E-state index contributed by atoms with van der Waals surface area (Å²) in [5.41, 5.74) is 0.425. The van der Waals surface area contributed by atoms with Crippen molar-refractivity contribution in [1.29, 1.82) is 0 Å². The maximum atomic E-state index is 14.0. The average Bonchev–Trinajstić information content (AvgIpc) is 3.61. The number of hydrogen-bond donors (Lipinski definition) is 4. The molecule has 0 spiro atoms. The molecule has 2 amide bonds. The Balaban J connectivity index is 1.38. The summed E-state index contributed by atoms with van der Waals surface area (Å²) in [5.74, 6) is -5.60. The van der Waals surface area contributed by atoms with Crippen molar-refractivity contribution in [2.45, 2.75) is 24.4 Å². The van der Waals surface area contributed by atoms with Crippen LogP contribution in [0.5, 0.6) is 5.75 Å². The summed E-state index contributed by atoms with van der Waals surface area (Å²) < 4.78 is 43.1. The summed E-state index contributed by atoms with van der Waals surface area (Å²) in [6, 6.07) is 20.4. The minimum Gasteiger partial charge on any atom is -0.480 e. The summed E-state index contributed by atoms with van der Waals surface area (Å²) in [6.07, 6.45) is -3.44. The van der Waals surface area contributed by atoms with Gasteiger partial charge in [-0.3, -0.25) is 24.6 Å². The molecule has 1 aromatic heterocycles. The topological polar surface area (TPSA) is 124 Å². The number of para-hydroxylation sites is 2. The summed E-state index contributed by atoms with van der Waals surface area (Å²) >= 11 is 0. The molecule has 3 heterocycles. The highest BCUT2D eigenvalue weighted by Crippen LogP contribution is 2.50. The standard InChI is InChI=1S/C31H27F3N4O5/c32-31(33,34)43-21-10-6-7-18(15-21)26-24-25(28(40)38(27(24)39)14-13-35-20-8-2-1-3-9-20)30(37-26,29(41)42)16-19-17-36-23-12-5-4-11-22(19)23/h1-12,15,17,24-26,35-37H,13-14,16H2,(H,41,42). The molecule has 4 unspecified atom stereocenters. The highest BCUT2D eigenvalue weighted by molar-refractivity contribution is 6.09. The van der Waals surface area contributed by atoms with Crippen molar-refractivity contribution < 1.29 is 37.4 Å². The van der Waals surface area contributed by atoms with Crippen LogP contribution >= 0.6 is 0 Å². The molecule has 0 saturated carbocycles. The lowest BCUT2D eigenvalue weighted by Gasteiger charge is -2.31. The van der Waals surface area contributed by atoms with E-state index >= 15 is 0 Å². The third-order valence-electron chi connectivity index (χ3n) is 8.16. The Morgan fingerprint density at radius 1 is 1.00 bits per heavy atom. The number of aromatic amines is 1. The number of imide groups is 1. The van der Waals surface area contributed by atoms with Gasteiger partial charge in [-0.2, -0.15) is 0 Å². The van der Waals surface area contributed by atoms with Gasteiger partial charge >= 0.3 is 12.3 Å². The predicted octanol–water partition coefficient (Wildman–Crippen LogP) is 4.49. The van der Waals surface area contributed by atoms with Crippen LogP contribution in [0, 0.1) is 11.8 Å². The van der Waals surface area contributed by atoms with E-state index in [0.717, 1.165) is 33.6 Å². The number of nitrogens with one attached hydrogen (secondary N) is 3. The summed E-state index contributed by atoms with van der Waals surface area (Å²) in [4.78, 5) is 45.2. The van der Waals surface area contributed by atoms with Gasteiger partial charge in [0, 0.05) is 48.3 Å². The predicted molar refractivity (Wildman–Crippen MR) is 150 cm³/mol. The third kappa shape index (κ3) is 5.18. The molecule has 2 aliphatic rings. The van der Waals surface area contributed by atoms with E-state index in [1.54, 1.807) is 12.3 Å². The lowest BCUT2D eigenvalue weighted by molar-refractivity contribution is -0.274. The summed E-state index contributed by atoms with van der Waals surface area (Å²) in [7, 11) is 0. The second kappa shape index (κ2) is 10.8. The Morgan fingerprint density at radius 2 is 1.74 bits per heavy atom. The van der Waals surface area contributed by atoms with Crippen LogP contribution in [0.2, 0.25) is 0 Å². The van der Waals surface area contributed by atoms with E-state index in [2.05, 4.69) is 20.4 Å². The molecule has 0 bridgehead atoms. The van der Waals surface area contributed by atoms with Crippen LogP contribution in [0.4, 0.5) is 18.9 Å². The van der Waals surface area contributed by atoms with Gasteiger partial charge in [-0.15, -0.1) is 13.2 Å². The number of aromatic nitrogens is 1. The first-order chi connectivity index (χ1) is 20.6. The molecule has 4 N–H and O–H groups in total. The second-order valence-corrected chi connectivity index (χ2v) is 10.7. The highest BCUT2D eigenvalue weighted by atomic mass is 19.4. The second-order valence-electron chi connectivity index (χ2n) is 10.7. The number of carbonyl (C=O) groups excluding carboxylic acids is 2. The minimum absolute atomic E-state index is 0.0215. The number of aliphatic carboxylic acids is 1. The number of likely N-dealkylation sites (tertiary alicyclic amines) is 1. The normalized spacial score (nSPS) is 23.5. The lowest BCUT2D eigenvalue weighted by atomic mass is 9.76. The van der Waals surface area contributed by atoms with Gasteiger partial charge in [-0.1, -0.05) is 48.5 Å². The first-order valence-electron chi connectivity index (χ1n) is 13.6. The zero-order chi connectivity index (χ0) is 30.4. The number of rotatable bonds is 9. The third-order valence-corrected chi connectivity index (χ3v) is 8.16. The molecule has 43 heavy (non-hydrogen) atoms. The van der Waals surface area contributed by atoms with Crippen molar-refractivity contribution in [1.82, 2.24) is 15.2 Å². The van der Waals surface area contributed by atoms with Gasteiger partial charge in [0.2, 0.25) is 11.8 Å². The number of fused-ring (bicyclic) bond motifs is 2. The number of anilines is 1. The number of ether oxygens (including phenoxy) is 1. The SMILES string of the molecule is O=C1C2C(c3cccc(OC(F)(F)F)c3)NC(Cc3c[nH]c4ccccc34)(C(=O)O)C2C(=O)N1CCNc1ccccc1. The molecule has 12 heteroatoms.